The molecule has 1 atom stereocenters. The summed E-state index contributed by atoms with van der Waals surface area (Å²) in [6, 6.07) is 20.3. The molecule has 2 N–H and O–H groups in total. The van der Waals surface area contributed by atoms with Crippen LogP contribution in [-0.4, -0.2) is 25.3 Å². The Kier molecular flexibility index (Phi) is 4.39. The summed E-state index contributed by atoms with van der Waals surface area (Å²) in [7, 11) is 0.819. The molecule has 1 radical (unpaired) electrons. The van der Waals surface area contributed by atoms with E-state index in [1.807, 2.05) is 36.4 Å². The van der Waals surface area contributed by atoms with Gasteiger partial charge in [-0.1, -0.05) is 60.7 Å². The maximum Gasteiger partial charge on any atom is 0.486 e. The van der Waals surface area contributed by atoms with E-state index in [0.29, 0.717) is 0 Å². The molecule has 0 unspecified atom stereocenters. The molecule has 2 aromatic rings. The largest absolute Gasteiger partial charge is 0.486 e. The van der Waals surface area contributed by atoms with Crippen LogP contribution < -0.4 is 5.32 Å². The van der Waals surface area contributed by atoms with Gasteiger partial charge in [0.2, 0.25) is 0 Å². The summed E-state index contributed by atoms with van der Waals surface area (Å²) in [5, 5.41) is 12.9. The average molecular weight is 280 g/mol. The van der Waals surface area contributed by atoms with Crippen molar-refractivity contribution in [3.05, 3.63) is 71.8 Å². The first kappa shape index (κ1) is 14.3. The minimum absolute atomic E-state index is 0.130. The predicted octanol–water partition coefficient (Wildman–Crippen LogP) is 2.23. The van der Waals surface area contributed by atoms with Gasteiger partial charge in [-0.05, 0) is 30.5 Å². The van der Waals surface area contributed by atoms with Gasteiger partial charge in [0.15, 0.2) is 0 Å². The van der Waals surface area contributed by atoms with E-state index >= 15 is 0 Å². The van der Waals surface area contributed by atoms with Gasteiger partial charge >= 0.3 is 7.69 Å². The monoisotopic (exact) mass is 280 g/mol. The second-order valence-electron chi connectivity index (χ2n) is 5.34. The van der Waals surface area contributed by atoms with E-state index in [1.165, 1.54) is 0 Å². The van der Waals surface area contributed by atoms with Gasteiger partial charge in [0, 0.05) is 6.04 Å². The highest BCUT2D eigenvalue weighted by Crippen LogP contribution is 2.39. The van der Waals surface area contributed by atoms with E-state index in [2.05, 4.69) is 29.6 Å². The first-order valence-electron chi connectivity index (χ1n) is 7.36. The van der Waals surface area contributed by atoms with Crippen LogP contribution in [-0.2, 0) is 10.3 Å². The van der Waals surface area contributed by atoms with Gasteiger partial charge in [-0.2, -0.15) is 0 Å². The fourth-order valence-corrected chi connectivity index (χ4v) is 3.27. The minimum atomic E-state index is -0.701. The van der Waals surface area contributed by atoms with Crippen LogP contribution in [0.2, 0.25) is 0 Å². The molecule has 3 nitrogen and oxygen atoms in total. The topological polar surface area (TPSA) is 41.5 Å². The van der Waals surface area contributed by atoms with Crippen molar-refractivity contribution in [2.24, 2.45) is 0 Å². The summed E-state index contributed by atoms with van der Waals surface area (Å²) in [6.07, 6.45) is 2.12. The molecule has 3 rings (SSSR count). The lowest BCUT2D eigenvalue weighted by Crippen LogP contribution is -2.49. The molecule has 107 valence electrons. The molecule has 0 amide bonds. The molecule has 0 bridgehead atoms. The van der Waals surface area contributed by atoms with E-state index in [9.17, 15) is 5.02 Å². The molecule has 1 aliphatic heterocycles. The number of benzene rings is 2. The van der Waals surface area contributed by atoms with Gasteiger partial charge in [-0.3, -0.25) is 0 Å². The van der Waals surface area contributed by atoms with Crippen molar-refractivity contribution < 1.29 is 9.68 Å². The number of hydrogen-bond acceptors (Lipinski definition) is 3. The number of rotatable bonds is 5. The van der Waals surface area contributed by atoms with Gasteiger partial charge in [0.05, 0.1) is 0 Å². The summed E-state index contributed by atoms with van der Waals surface area (Å²) < 4.78 is 5.85. The van der Waals surface area contributed by atoms with Crippen LogP contribution in [0.25, 0.3) is 0 Å². The Hall–Kier alpha value is -1.62. The molecule has 0 saturated carbocycles. The molecule has 0 spiro atoms. The maximum atomic E-state index is 9.41. The lowest BCUT2D eigenvalue weighted by Gasteiger charge is -2.40. The van der Waals surface area contributed by atoms with Crippen molar-refractivity contribution in [3.8, 4) is 0 Å². The molecule has 21 heavy (non-hydrogen) atoms. The molecule has 1 heterocycles. The van der Waals surface area contributed by atoms with Crippen molar-refractivity contribution in [1.82, 2.24) is 5.32 Å². The standard InChI is InChI=1S/C17H19BNO2/c20-18-21-17(16-12-7-13-19-16,14-8-3-1-4-9-14)15-10-5-2-6-11-15/h1-6,8-11,16,19-20H,7,12-13H2/t16-/m0/s1. The highest BCUT2D eigenvalue weighted by molar-refractivity contribution is 6.16. The fraction of sp³-hybridized carbons (Fsp3) is 0.294. The maximum absolute atomic E-state index is 9.41. The molecular weight excluding hydrogens is 261 g/mol. The predicted molar refractivity (Wildman–Crippen MR) is 83.7 cm³/mol. The third kappa shape index (κ3) is 2.62. The Bertz CT molecular complexity index is 516. The van der Waals surface area contributed by atoms with Gasteiger partial charge in [0.1, 0.15) is 5.60 Å². The molecule has 2 aromatic carbocycles. The molecule has 1 aliphatic rings. The van der Waals surface area contributed by atoms with Crippen LogP contribution in [0, 0.1) is 0 Å². The quantitative estimate of drug-likeness (QED) is 0.825. The summed E-state index contributed by atoms with van der Waals surface area (Å²) in [4.78, 5) is 0. The van der Waals surface area contributed by atoms with Crippen LogP contribution in [0.15, 0.2) is 60.7 Å². The van der Waals surface area contributed by atoms with Crippen molar-refractivity contribution in [2.75, 3.05) is 6.54 Å². The molecular formula is C17H19BNO2. The minimum Gasteiger partial charge on any atom is -0.429 e. The van der Waals surface area contributed by atoms with Gasteiger partial charge in [-0.25, -0.2) is 0 Å². The first-order chi connectivity index (χ1) is 10.4. The average Bonchev–Trinajstić information content (AvgIpc) is 3.09. The molecule has 1 saturated heterocycles. The normalized spacial score (nSPS) is 18.6. The van der Waals surface area contributed by atoms with Crippen LogP contribution in [0.4, 0.5) is 0 Å². The van der Waals surface area contributed by atoms with E-state index in [-0.39, 0.29) is 6.04 Å². The van der Waals surface area contributed by atoms with E-state index in [0.717, 1.165) is 38.2 Å². The zero-order valence-electron chi connectivity index (χ0n) is 11.9. The number of hydrogen-bond donors (Lipinski definition) is 2. The lowest BCUT2D eigenvalue weighted by molar-refractivity contribution is 0.0601. The summed E-state index contributed by atoms with van der Waals surface area (Å²) >= 11 is 0. The Morgan fingerprint density at radius 1 is 1.00 bits per heavy atom. The second-order valence-corrected chi connectivity index (χ2v) is 5.34. The smallest absolute Gasteiger partial charge is 0.429 e. The zero-order valence-corrected chi connectivity index (χ0v) is 11.9. The Morgan fingerprint density at radius 2 is 1.57 bits per heavy atom. The first-order valence-corrected chi connectivity index (χ1v) is 7.36. The molecule has 0 aromatic heterocycles. The van der Waals surface area contributed by atoms with Gasteiger partial charge in [-0.15, -0.1) is 0 Å². The summed E-state index contributed by atoms with van der Waals surface area (Å²) in [5.41, 5.74) is 1.38. The summed E-state index contributed by atoms with van der Waals surface area (Å²) in [5.74, 6) is 0. The molecule has 4 heteroatoms. The molecule has 1 fully saturated rings. The highest BCUT2D eigenvalue weighted by atomic mass is 16.5. The second kappa shape index (κ2) is 6.44. The van der Waals surface area contributed by atoms with Gasteiger partial charge in [0.25, 0.3) is 0 Å². The van der Waals surface area contributed by atoms with Crippen LogP contribution >= 0.6 is 0 Å². The van der Waals surface area contributed by atoms with Gasteiger partial charge < -0.3 is 15.0 Å². The number of nitrogens with one attached hydrogen (secondary N) is 1. The van der Waals surface area contributed by atoms with Crippen LogP contribution in [0.3, 0.4) is 0 Å². The molecule has 0 aliphatic carbocycles. The Balaban J connectivity index is 2.15. The zero-order chi connectivity index (χ0) is 14.5. The summed E-state index contributed by atoms with van der Waals surface area (Å²) in [6.45, 7) is 0.973. The van der Waals surface area contributed by atoms with E-state index in [1.54, 1.807) is 0 Å². The Morgan fingerprint density at radius 3 is 2.00 bits per heavy atom. The fourth-order valence-electron chi connectivity index (χ4n) is 3.27. The van der Waals surface area contributed by atoms with E-state index in [4.69, 9.17) is 4.65 Å². The SMILES string of the molecule is O[B]OC(c1ccccc1)(c1ccccc1)[C@@H]1CCCN1. The van der Waals surface area contributed by atoms with Crippen molar-refractivity contribution >= 4 is 7.69 Å². The lowest BCUT2D eigenvalue weighted by atomic mass is 9.78. The van der Waals surface area contributed by atoms with E-state index < -0.39 is 5.60 Å². The van der Waals surface area contributed by atoms with Crippen LogP contribution in [0.1, 0.15) is 24.0 Å². The van der Waals surface area contributed by atoms with Crippen molar-refractivity contribution in [3.63, 3.8) is 0 Å². The van der Waals surface area contributed by atoms with Crippen LogP contribution in [0.5, 0.6) is 0 Å². The third-order valence-electron chi connectivity index (χ3n) is 4.19. The highest BCUT2D eigenvalue weighted by Gasteiger charge is 2.44. The Labute approximate surface area is 126 Å². The van der Waals surface area contributed by atoms with Crippen molar-refractivity contribution in [2.45, 2.75) is 24.5 Å². The van der Waals surface area contributed by atoms with Crippen molar-refractivity contribution in [1.29, 1.82) is 0 Å². The third-order valence-corrected chi connectivity index (χ3v) is 4.19.